The van der Waals surface area contributed by atoms with Crippen LogP contribution in [-0.4, -0.2) is 17.9 Å². The van der Waals surface area contributed by atoms with Crippen molar-refractivity contribution in [1.82, 2.24) is 4.90 Å². The average molecular weight is 209 g/mol. The van der Waals surface area contributed by atoms with Crippen molar-refractivity contribution in [3.8, 4) is 0 Å². The van der Waals surface area contributed by atoms with Crippen molar-refractivity contribution in [3.05, 3.63) is 34.0 Å². The maximum Gasteiger partial charge on any atom is 0.246 e. The summed E-state index contributed by atoms with van der Waals surface area (Å²) in [5, 5.41) is 2.05. The quantitative estimate of drug-likeness (QED) is 0.701. The lowest BCUT2D eigenvalue weighted by Gasteiger charge is -2.14. The normalized spacial score (nSPS) is 10.8. The SMILES string of the molecule is CC=CC(=O)N(C)Cc1sccc1C. The van der Waals surface area contributed by atoms with Crippen LogP contribution < -0.4 is 0 Å². The number of hydrogen-bond donors (Lipinski definition) is 0. The Labute approximate surface area is 88.9 Å². The smallest absolute Gasteiger partial charge is 0.246 e. The van der Waals surface area contributed by atoms with Gasteiger partial charge >= 0.3 is 0 Å². The average Bonchev–Trinajstić information content (AvgIpc) is 2.52. The highest BCUT2D eigenvalue weighted by molar-refractivity contribution is 7.10. The molecule has 0 N–H and O–H groups in total. The van der Waals surface area contributed by atoms with E-state index < -0.39 is 0 Å². The Hall–Kier alpha value is -1.09. The molecule has 1 heterocycles. The summed E-state index contributed by atoms with van der Waals surface area (Å²) in [6.07, 6.45) is 3.35. The zero-order chi connectivity index (χ0) is 10.6. The summed E-state index contributed by atoms with van der Waals surface area (Å²) in [5.74, 6) is 0.0558. The number of hydrogen-bond acceptors (Lipinski definition) is 2. The maximum atomic E-state index is 11.4. The molecule has 1 amide bonds. The number of carbonyl (C=O) groups excluding carboxylic acids is 1. The van der Waals surface area contributed by atoms with Gasteiger partial charge in [-0.2, -0.15) is 0 Å². The predicted molar refractivity (Wildman–Crippen MR) is 60.3 cm³/mol. The third-order valence-corrected chi connectivity index (χ3v) is 3.04. The van der Waals surface area contributed by atoms with E-state index in [0.29, 0.717) is 6.54 Å². The van der Waals surface area contributed by atoms with Crippen LogP contribution in [0.2, 0.25) is 0 Å². The van der Waals surface area contributed by atoms with Gasteiger partial charge in [-0.05, 0) is 36.9 Å². The fourth-order valence-electron chi connectivity index (χ4n) is 1.13. The van der Waals surface area contributed by atoms with Crippen molar-refractivity contribution in [2.45, 2.75) is 20.4 Å². The number of aryl methyl sites for hydroxylation is 1. The molecule has 76 valence electrons. The molecule has 1 aromatic rings. The number of rotatable bonds is 3. The molecule has 1 aromatic heterocycles. The first kappa shape index (κ1) is 11.0. The van der Waals surface area contributed by atoms with Crippen LogP contribution in [0, 0.1) is 6.92 Å². The van der Waals surface area contributed by atoms with Crippen molar-refractivity contribution in [3.63, 3.8) is 0 Å². The van der Waals surface area contributed by atoms with Gasteiger partial charge in [0.15, 0.2) is 0 Å². The minimum atomic E-state index is 0.0558. The van der Waals surface area contributed by atoms with Crippen molar-refractivity contribution < 1.29 is 4.79 Å². The fraction of sp³-hybridized carbons (Fsp3) is 0.364. The summed E-state index contributed by atoms with van der Waals surface area (Å²) in [6, 6.07) is 2.08. The number of carbonyl (C=O) groups is 1. The lowest BCUT2D eigenvalue weighted by molar-refractivity contribution is -0.125. The molecule has 0 aliphatic rings. The Morgan fingerprint density at radius 2 is 2.36 bits per heavy atom. The van der Waals surface area contributed by atoms with Crippen molar-refractivity contribution in [1.29, 1.82) is 0 Å². The van der Waals surface area contributed by atoms with E-state index in [0.717, 1.165) is 0 Å². The minimum absolute atomic E-state index is 0.0558. The van der Waals surface area contributed by atoms with Crippen LogP contribution in [0.15, 0.2) is 23.6 Å². The molecule has 0 spiro atoms. The monoisotopic (exact) mass is 209 g/mol. The number of thiophene rings is 1. The van der Waals surface area contributed by atoms with Gasteiger partial charge in [-0.25, -0.2) is 0 Å². The van der Waals surface area contributed by atoms with Crippen LogP contribution in [0.1, 0.15) is 17.4 Å². The van der Waals surface area contributed by atoms with E-state index in [2.05, 4.69) is 18.4 Å². The third kappa shape index (κ3) is 2.70. The van der Waals surface area contributed by atoms with Crippen LogP contribution in [0.3, 0.4) is 0 Å². The standard InChI is InChI=1S/C11H15NOS/c1-4-5-11(13)12(3)8-10-9(2)6-7-14-10/h4-7H,8H2,1-3H3. The first-order valence-electron chi connectivity index (χ1n) is 4.56. The van der Waals surface area contributed by atoms with E-state index in [4.69, 9.17) is 0 Å². The van der Waals surface area contributed by atoms with E-state index in [1.807, 2.05) is 14.0 Å². The Bertz CT molecular complexity index is 341. The molecule has 0 aliphatic carbocycles. The zero-order valence-corrected chi connectivity index (χ0v) is 9.60. The summed E-state index contributed by atoms with van der Waals surface area (Å²) in [7, 11) is 1.82. The molecule has 0 saturated heterocycles. The van der Waals surface area contributed by atoms with E-state index in [9.17, 15) is 4.79 Å². The van der Waals surface area contributed by atoms with Crippen molar-refractivity contribution in [2.75, 3.05) is 7.05 Å². The molecular formula is C11H15NOS. The summed E-state index contributed by atoms with van der Waals surface area (Å²) >= 11 is 1.70. The van der Waals surface area contributed by atoms with E-state index in [1.54, 1.807) is 28.4 Å². The number of nitrogens with zero attached hydrogens (tertiary/aromatic N) is 1. The molecule has 0 unspecified atom stereocenters. The van der Waals surface area contributed by atoms with Crippen molar-refractivity contribution >= 4 is 17.2 Å². The Balaban J connectivity index is 2.61. The Kier molecular flexibility index (Phi) is 3.89. The number of likely N-dealkylation sites (N-methyl/N-ethyl adjacent to an activating group) is 1. The lowest BCUT2D eigenvalue weighted by atomic mass is 10.3. The van der Waals surface area contributed by atoms with Crippen LogP contribution in [0.25, 0.3) is 0 Å². The molecular weight excluding hydrogens is 194 g/mol. The first-order valence-corrected chi connectivity index (χ1v) is 5.44. The second kappa shape index (κ2) is 4.96. The van der Waals surface area contributed by atoms with Gasteiger partial charge in [0.25, 0.3) is 0 Å². The van der Waals surface area contributed by atoms with Gasteiger partial charge in [0.05, 0.1) is 6.54 Å². The molecule has 0 bridgehead atoms. The lowest BCUT2D eigenvalue weighted by Crippen LogP contribution is -2.23. The summed E-state index contributed by atoms with van der Waals surface area (Å²) in [5.41, 5.74) is 1.26. The highest BCUT2D eigenvalue weighted by Gasteiger charge is 2.07. The third-order valence-electron chi connectivity index (χ3n) is 2.03. The molecule has 2 nitrogen and oxygen atoms in total. The fourth-order valence-corrected chi connectivity index (χ4v) is 2.09. The van der Waals surface area contributed by atoms with Crippen LogP contribution in [0.5, 0.6) is 0 Å². The number of allylic oxidation sites excluding steroid dienone is 1. The van der Waals surface area contributed by atoms with Crippen LogP contribution in [-0.2, 0) is 11.3 Å². The molecule has 1 rings (SSSR count). The number of amides is 1. The predicted octanol–water partition coefficient (Wildman–Crippen LogP) is 2.59. The first-order chi connectivity index (χ1) is 6.65. The van der Waals surface area contributed by atoms with Crippen LogP contribution in [0.4, 0.5) is 0 Å². The van der Waals surface area contributed by atoms with Gasteiger partial charge in [0.2, 0.25) is 5.91 Å². The molecule has 14 heavy (non-hydrogen) atoms. The molecule has 0 fully saturated rings. The van der Waals surface area contributed by atoms with Crippen molar-refractivity contribution in [2.24, 2.45) is 0 Å². The highest BCUT2D eigenvalue weighted by Crippen LogP contribution is 2.17. The topological polar surface area (TPSA) is 20.3 Å². The molecule has 0 aromatic carbocycles. The molecule has 0 atom stereocenters. The van der Waals surface area contributed by atoms with Gasteiger partial charge in [0.1, 0.15) is 0 Å². The summed E-state index contributed by atoms with van der Waals surface area (Å²) in [6.45, 7) is 4.62. The maximum absolute atomic E-state index is 11.4. The second-order valence-corrected chi connectivity index (χ2v) is 4.22. The Morgan fingerprint density at radius 1 is 1.64 bits per heavy atom. The summed E-state index contributed by atoms with van der Waals surface area (Å²) in [4.78, 5) is 14.4. The van der Waals surface area contributed by atoms with Gasteiger partial charge in [0, 0.05) is 11.9 Å². The summed E-state index contributed by atoms with van der Waals surface area (Å²) < 4.78 is 0. The van der Waals surface area contributed by atoms with E-state index in [1.165, 1.54) is 10.4 Å². The van der Waals surface area contributed by atoms with Crippen LogP contribution >= 0.6 is 11.3 Å². The highest BCUT2D eigenvalue weighted by atomic mass is 32.1. The molecule has 0 radical (unpaired) electrons. The van der Waals surface area contributed by atoms with Gasteiger partial charge in [-0.3, -0.25) is 4.79 Å². The minimum Gasteiger partial charge on any atom is -0.337 e. The largest absolute Gasteiger partial charge is 0.337 e. The molecule has 0 aliphatic heterocycles. The van der Waals surface area contributed by atoms with Gasteiger partial charge in [-0.1, -0.05) is 6.08 Å². The molecule has 0 saturated carbocycles. The van der Waals surface area contributed by atoms with E-state index in [-0.39, 0.29) is 5.91 Å². The van der Waals surface area contributed by atoms with Gasteiger partial charge < -0.3 is 4.90 Å². The Morgan fingerprint density at radius 3 is 2.86 bits per heavy atom. The molecule has 3 heteroatoms. The second-order valence-electron chi connectivity index (χ2n) is 3.22. The van der Waals surface area contributed by atoms with E-state index >= 15 is 0 Å². The zero-order valence-electron chi connectivity index (χ0n) is 8.78. The van der Waals surface area contributed by atoms with Gasteiger partial charge in [-0.15, -0.1) is 11.3 Å².